The van der Waals surface area contributed by atoms with Gasteiger partial charge in [0, 0.05) is 18.2 Å². The molecule has 5 nitrogen and oxygen atoms in total. The van der Waals surface area contributed by atoms with Crippen LogP contribution in [0.1, 0.15) is 43.3 Å². The van der Waals surface area contributed by atoms with Gasteiger partial charge >= 0.3 is 0 Å². The lowest BCUT2D eigenvalue weighted by molar-refractivity contribution is 0.492. The first-order valence-corrected chi connectivity index (χ1v) is 8.14. The second-order valence-corrected chi connectivity index (χ2v) is 7.11. The van der Waals surface area contributed by atoms with Gasteiger partial charge in [-0.3, -0.25) is 0 Å². The van der Waals surface area contributed by atoms with E-state index < -0.39 is 10.0 Å². The van der Waals surface area contributed by atoms with Gasteiger partial charge in [-0.05, 0) is 39.0 Å². The van der Waals surface area contributed by atoms with E-state index in [1.165, 1.54) is 0 Å². The lowest BCUT2D eigenvalue weighted by atomic mass is 10.1. The Hall–Kier alpha value is -0.850. The zero-order valence-corrected chi connectivity index (χ0v) is 12.5. The molecular formula is C13H22N2O3S. The van der Waals surface area contributed by atoms with Crippen LogP contribution in [0.25, 0.3) is 0 Å². The summed E-state index contributed by atoms with van der Waals surface area (Å²) in [5.74, 6) is 1.57. The van der Waals surface area contributed by atoms with Gasteiger partial charge in [0.1, 0.15) is 16.4 Å². The van der Waals surface area contributed by atoms with E-state index in [9.17, 15) is 8.42 Å². The van der Waals surface area contributed by atoms with E-state index in [1.807, 2.05) is 0 Å². The molecule has 0 radical (unpaired) electrons. The summed E-state index contributed by atoms with van der Waals surface area (Å²) in [5.41, 5.74) is 6.22. The summed E-state index contributed by atoms with van der Waals surface area (Å²) in [5, 5.41) is 0. The van der Waals surface area contributed by atoms with Crippen molar-refractivity contribution in [1.82, 2.24) is 4.72 Å². The predicted octanol–water partition coefficient (Wildman–Crippen LogP) is 1.82. The van der Waals surface area contributed by atoms with Crippen LogP contribution in [0.2, 0.25) is 0 Å². The molecule has 1 aromatic rings. The van der Waals surface area contributed by atoms with Gasteiger partial charge in [0.05, 0.1) is 0 Å². The summed E-state index contributed by atoms with van der Waals surface area (Å²) >= 11 is 0. The zero-order valence-electron chi connectivity index (χ0n) is 11.7. The number of aryl methyl sites for hydroxylation is 2. The number of hydrogen-bond acceptors (Lipinski definition) is 4. The summed E-state index contributed by atoms with van der Waals surface area (Å²) in [6.45, 7) is 5.72. The second-order valence-electron chi connectivity index (χ2n) is 5.46. The third kappa shape index (κ3) is 2.85. The molecule has 0 saturated heterocycles. The van der Waals surface area contributed by atoms with Crippen molar-refractivity contribution in [2.24, 2.45) is 11.7 Å². The lowest BCUT2D eigenvalue weighted by Gasteiger charge is -2.13. The minimum Gasteiger partial charge on any atom is -0.465 e. The van der Waals surface area contributed by atoms with Crippen LogP contribution in [0.3, 0.4) is 0 Å². The van der Waals surface area contributed by atoms with Crippen LogP contribution in [0.5, 0.6) is 0 Å². The molecule has 1 saturated carbocycles. The van der Waals surface area contributed by atoms with Crippen LogP contribution in [0, 0.1) is 19.8 Å². The van der Waals surface area contributed by atoms with Gasteiger partial charge in [-0.15, -0.1) is 0 Å². The van der Waals surface area contributed by atoms with E-state index in [1.54, 1.807) is 13.8 Å². The molecule has 1 fully saturated rings. The van der Waals surface area contributed by atoms with Gasteiger partial charge in [0.25, 0.3) is 0 Å². The number of nitrogens with two attached hydrogens (primary N) is 1. The van der Waals surface area contributed by atoms with Gasteiger partial charge in [0.2, 0.25) is 10.0 Å². The molecule has 0 aromatic carbocycles. The van der Waals surface area contributed by atoms with Crippen LogP contribution in [-0.2, 0) is 16.6 Å². The molecule has 0 spiro atoms. The average molecular weight is 286 g/mol. The fraction of sp³-hybridized carbons (Fsp3) is 0.692. The van der Waals surface area contributed by atoms with Crippen molar-refractivity contribution in [3.05, 3.63) is 17.1 Å². The molecule has 108 valence electrons. The number of furan rings is 1. The third-order valence-electron chi connectivity index (χ3n) is 3.81. The van der Waals surface area contributed by atoms with E-state index in [-0.39, 0.29) is 17.5 Å². The average Bonchev–Trinajstić information content (AvgIpc) is 2.81. The molecule has 19 heavy (non-hydrogen) atoms. The van der Waals surface area contributed by atoms with Gasteiger partial charge in [-0.2, -0.15) is 0 Å². The van der Waals surface area contributed by atoms with Crippen LogP contribution < -0.4 is 10.5 Å². The summed E-state index contributed by atoms with van der Waals surface area (Å²) in [6, 6.07) is 0.0280. The fourth-order valence-corrected chi connectivity index (χ4v) is 4.63. The maximum absolute atomic E-state index is 12.5. The van der Waals surface area contributed by atoms with Crippen molar-refractivity contribution >= 4 is 10.0 Å². The highest BCUT2D eigenvalue weighted by Gasteiger charge is 2.31. The highest BCUT2D eigenvalue weighted by molar-refractivity contribution is 7.89. The molecular weight excluding hydrogens is 264 g/mol. The summed E-state index contributed by atoms with van der Waals surface area (Å²) in [4.78, 5) is 0.229. The quantitative estimate of drug-likeness (QED) is 0.884. The number of sulfonamides is 1. The first-order chi connectivity index (χ1) is 8.85. The van der Waals surface area contributed by atoms with Gasteiger partial charge in [-0.25, -0.2) is 13.1 Å². The number of rotatable bonds is 4. The van der Waals surface area contributed by atoms with Crippen molar-refractivity contribution in [2.75, 3.05) is 0 Å². The minimum atomic E-state index is -3.54. The fourth-order valence-electron chi connectivity index (χ4n) is 2.89. The van der Waals surface area contributed by atoms with Crippen LogP contribution >= 0.6 is 0 Å². The van der Waals surface area contributed by atoms with Crippen LogP contribution in [0.15, 0.2) is 9.31 Å². The van der Waals surface area contributed by atoms with Crippen molar-refractivity contribution in [2.45, 2.75) is 57.5 Å². The Bertz CT molecular complexity index is 563. The van der Waals surface area contributed by atoms with Crippen molar-refractivity contribution in [3.8, 4) is 0 Å². The van der Waals surface area contributed by atoms with E-state index in [4.69, 9.17) is 10.2 Å². The molecule has 3 N–H and O–H groups in total. The molecule has 0 aliphatic heterocycles. The highest BCUT2D eigenvalue weighted by Crippen LogP contribution is 2.29. The van der Waals surface area contributed by atoms with Crippen LogP contribution in [0.4, 0.5) is 0 Å². The predicted molar refractivity (Wildman–Crippen MR) is 73.2 cm³/mol. The number of hydrogen-bond donors (Lipinski definition) is 2. The van der Waals surface area contributed by atoms with E-state index in [2.05, 4.69) is 11.6 Å². The summed E-state index contributed by atoms with van der Waals surface area (Å²) < 4.78 is 33.2. The van der Waals surface area contributed by atoms with Crippen molar-refractivity contribution in [3.63, 3.8) is 0 Å². The van der Waals surface area contributed by atoms with Crippen molar-refractivity contribution in [1.29, 1.82) is 0 Å². The van der Waals surface area contributed by atoms with Crippen LogP contribution in [-0.4, -0.2) is 14.5 Å². The van der Waals surface area contributed by atoms with E-state index >= 15 is 0 Å². The zero-order chi connectivity index (χ0) is 14.2. The smallest absolute Gasteiger partial charge is 0.244 e. The van der Waals surface area contributed by atoms with E-state index in [0.717, 1.165) is 19.3 Å². The maximum atomic E-state index is 12.5. The summed E-state index contributed by atoms with van der Waals surface area (Å²) in [6.07, 6.45) is 2.86. The normalized spacial score (nSPS) is 24.0. The largest absolute Gasteiger partial charge is 0.465 e. The molecule has 1 heterocycles. The Morgan fingerprint density at radius 2 is 2.00 bits per heavy atom. The lowest BCUT2D eigenvalue weighted by Crippen LogP contribution is -2.33. The molecule has 1 aliphatic rings. The minimum absolute atomic E-state index is 0.0280. The summed E-state index contributed by atoms with van der Waals surface area (Å²) in [7, 11) is -3.54. The highest BCUT2D eigenvalue weighted by atomic mass is 32.2. The monoisotopic (exact) mass is 286 g/mol. The van der Waals surface area contributed by atoms with Crippen molar-refractivity contribution < 1.29 is 12.8 Å². The first kappa shape index (κ1) is 14.6. The van der Waals surface area contributed by atoms with Gasteiger partial charge in [-0.1, -0.05) is 6.92 Å². The molecule has 0 amide bonds. The Morgan fingerprint density at radius 1 is 1.32 bits per heavy atom. The topological polar surface area (TPSA) is 85.3 Å². The number of nitrogens with one attached hydrogen (secondary N) is 1. The molecule has 1 aliphatic carbocycles. The molecule has 0 bridgehead atoms. The van der Waals surface area contributed by atoms with Gasteiger partial charge in [0.15, 0.2) is 0 Å². The molecule has 2 rings (SSSR count). The maximum Gasteiger partial charge on any atom is 0.244 e. The SMILES string of the molecule is Cc1oc(C)c(S(=O)(=O)NC2CCC(C)C2)c1CN. The molecule has 2 unspecified atom stereocenters. The first-order valence-electron chi connectivity index (χ1n) is 6.66. The Morgan fingerprint density at radius 3 is 2.53 bits per heavy atom. The Balaban J connectivity index is 2.29. The Kier molecular flexibility index (Phi) is 4.03. The van der Waals surface area contributed by atoms with Gasteiger partial charge < -0.3 is 10.2 Å². The molecule has 6 heteroatoms. The molecule has 1 aromatic heterocycles. The third-order valence-corrected chi connectivity index (χ3v) is 5.53. The van der Waals surface area contributed by atoms with E-state index in [0.29, 0.717) is 23.0 Å². The Labute approximate surface area is 114 Å². The molecule has 2 atom stereocenters. The second kappa shape index (κ2) is 5.26. The standard InChI is InChI=1S/C13H22N2O3S/c1-8-4-5-11(6-8)15-19(16,17)13-10(3)18-9(2)12(13)7-14/h8,11,15H,4-7,14H2,1-3H3.